The number of hydrogen-bond acceptors (Lipinski definition) is 5. The molecule has 1 unspecified atom stereocenters. The Hall–Kier alpha value is -2.08. The Morgan fingerprint density at radius 3 is 2.83 bits per heavy atom. The van der Waals surface area contributed by atoms with Crippen molar-refractivity contribution in [1.29, 1.82) is 0 Å². The second-order valence-electron chi connectivity index (χ2n) is 5.55. The monoisotopic (exact) mass is 319 g/mol. The Morgan fingerprint density at radius 1 is 1.39 bits per heavy atom. The van der Waals surface area contributed by atoms with Crippen LogP contribution in [0.5, 0.6) is 5.75 Å². The van der Waals surface area contributed by atoms with E-state index < -0.39 is 5.69 Å². The smallest absolute Gasteiger partial charge is 0.347 e. The molecule has 3 rings (SSSR count). The molecule has 0 spiro atoms. The average molecular weight is 319 g/mol. The third kappa shape index (κ3) is 4.69. The summed E-state index contributed by atoms with van der Waals surface area (Å²) in [6.07, 6.45) is 4.85. The van der Waals surface area contributed by atoms with Crippen LogP contribution in [0.15, 0.2) is 23.0 Å². The number of rotatable bonds is 4. The van der Waals surface area contributed by atoms with E-state index in [-0.39, 0.29) is 11.9 Å². The van der Waals surface area contributed by atoms with E-state index in [0.29, 0.717) is 23.3 Å². The Bertz CT molecular complexity index is 676. The average Bonchev–Trinajstić information content (AvgIpc) is 3.06. The van der Waals surface area contributed by atoms with E-state index in [2.05, 4.69) is 23.8 Å². The molecule has 0 bridgehead atoms. The number of nitrogens with two attached hydrogens (primary N) is 1. The van der Waals surface area contributed by atoms with Crippen LogP contribution in [0.2, 0.25) is 0 Å². The topological polar surface area (TPSA) is 90.2 Å². The maximum Gasteiger partial charge on any atom is 0.347 e. The summed E-state index contributed by atoms with van der Waals surface area (Å²) in [4.78, 5) is 17.6. The molecular weight excluding hydrogens is 294 g/mol. The van der Waals surface area contributed by atoms with Crippen molar-refractivity contribution in [1.82, 2.24) is 9.97 Å². The van der Waals surface area contributed by atoms with Crippen molar-refractivity contribution >= 4 is 16.7 Å². The summed E-state index contributed by atoms with van der Waals surface area (Å²) in [6.45, 7) is 5.64. The summed E-state index contributed by atoms with van der Waals surface area (Å²) >= 11 is 0. The Morgan fingerprint density at radius 2 is 2.17 bits per heavy atom. The van der Waals surface area contributed by atoms with Crippen LogP contribution < -0.4 is 16.2 Å². The van der Waals surface area contributed by atoms with Crippen molar-refractivity contribution in [3.05, 3.63) is 28.7 Å². The van der Waals surface area contributed by atoms with Crippen LogP contribution in [0.3, 0.4) is 0 Å². The van der Waals surface area contributed by atoms with E-state index in [9.17, 15) is 4.79 Å². The Balaban J connectivity index is 0.000000433. The normalized spacial score (nSPS) is 16.9. The second kappa shape index (κ2) is 8.53. The summed E-state index contributed by atoms with van der Waals surface area (Å²) in [5.41, 5.74) is 5.97. The first-order chi connectivity index (χ1) is 11.2. The lowest BCUT2D eigenvalue weighted by Gasteiger charge is -2.13. The molecule has 0 radical (unpaired) electrons. The number of unbranched alkanes of at least 4 members (excludes halogenated alkanes) is 1. The zero-order chi connectivity index (χ0) is 16.7. The molecule has 3 N–H and O–H groups in total. The number of hydrogen-bond donors (Lipinski definition) is 2. The maximum atomic E-state index is 11.3. The third-order valence-electron chi connectivity index (χ3n) is 3.69. The van der Waals surface area contributed by atoms with Crippen molar-refractivity contribution in [2.75, 3.05) is 18.9 Å². The molecule has 1 aromatic carbocycles. The molecule has 1 atom stereocenters. The predicted octanol–water partition coefficient (Wildman–Crippen LogP) is 2.87. The Kier molecular flexibility index (Phi) is 6.40. The van der Waals surface area contributed by atoms with Gasteiger partial charge in [-0.05, 0) is 25.0 Å². The number of aromatic amines is 1. The highest BCUT2D eigenvalue weighted by atomic mass is 16.5. The number of ether oxygens (including phenoxy) is 2. The van der Waals surface area contributed by atoms with Gasteiger partial charge in [0, 0.05) is 6.61 Å². The van der Waals surface area contributed by atoms with E-state index in [4.69, 9.17) is 15.2 Å². The quantitative estimate of drug-likeness (QED) is 0.904. The predicted molar refractivity (Wildman–Crippen MR) is 91.8 cm³/mol. The van der Waals surface area contributed by atoms with Crippen LogP contribution in [0.4, 0.5) is 5.82 Å². The summed E-state index contributed by atoms with van der Waals surface area (Å²) in [6, 6.07) is 5.39. The van der Waals surface area contributed by atoms with Gasteiger partial charge in [-0.1, -0.05) is 32.8 Å². The minimum Gasteiger partial charge on any atom is -0.490 e. The first-order valence-corrected chi connectivity index (χ1v) is 8.18. The van der Waals surface area contributed by atoms with Gasteiger partial charge < -0.3 is 20.2 Å². The fraction of sp³-hybridized carbons (Fsp3) is 0.529. The Labute approximate surface area is 136 Å². The molecule has 1 saturated heterocycles. The molecule has 1 aliphatic heterocycles. The number of nitrogens with one attached hydrogen (secondary N) is 1. The lowest BCUT2D eigenvalue weighted by molar-refractivity contribution is 0.0685. The van der Waals surface area contributed by atoms with E-state index in [1.165, 1.54) is 12.8 Å². The SMILES string of the molecule is CCCC.Nc1nc(=O)[nH]c2cccc(OCC3CCCO3)c12. The lowest BCUT2D eigenvalue weighted by atomic mass is 10.2. The van der Waals surface area contributed by atoms with Gasteiger partial charge in [0.15, 0.2) is 0 Å². The maximum absolute atomic E-state index is 11.3. The number of aromatic nitrogens is 2. The minimum atomic E-state index is -0.457. The van der Waals surface area contributed by atoms with Crippen LogP contribution >= 0.6 is 0 Å². The lowest BCUT2D eigenvalue weighted by Crippen LogP contribution is -2.17. The zero-order valence-electron chi connectivity index (χ0n) is 13.8. The van der Waals surface area contributed by atoms with E-state index in [1.807, 2.05) is 12.1 Å². The molecule has 1 fully saturated rings. The molecule has 126 valence electrons. The summed E-state index contributed by atoms with van der Waals surface area (Å²) in [5, 5.41) is 0.639. The number of H-pyrrole nitrogens is 1. The van der Waals surface area contributed by atoms with Crippen molar-refractivity contribution < 1.29 is 9.47 Å². The largest absolute Gasteiger partial charge is 0.490 e. The van der Waals surface area contributed by atoms with Gasteiger partial charge in [-0.3, -0.25) is 0 Å². The summed E-state index contributed by atoms with van der Waals surface area (Å²) in [5.74, 6) is 0.802. The van der Waals surface area contributed by atoms with Gasteiger partial charge >= 0.3 is 5.69 Å². The standard InChI is InChI=1S/C13H15N3O3.C4H10/c14-12-11-9(15-13(17)16-12)4-1-5-10(11)19-7-8-3-2-6-18-8;1-3-4-2/h1,4-5,8H,2-3,6-7H2,(H3,14,15,16,17);3-4H2,1-2H3. The first-order valence-electron chi connectivity index (χ1n) is 8.18. The number of anilines is 1. The minimum absolute atomic E-state index is 0.132. The van der Waals surface area contributed by atoms with Crippen molar-refractivity contribution in [3.63, 3.8) is 0 Å². The molecule has 6 nitrogen and oxygen atoms in total. The van der Waals surface area contributed by atoms with Crippen LogP contribution in [0.25, 0.3) is 10.9 Å². The molecule has 2 heterocycles. The van der Waals surface area contributed by atoms with Crippen LogP contribution in [0.1, 0.15) is 39.5 Å². The number of benzene rings is 1. The van der Waals surface area contributed by atoms with E-state index >= 15 is 0 Å². The molecule has 1 aliphatic rings. The molecule has 1 aromatic heterocycles. The fourth-order valence-corrected chi connectivity index (χ4v) is 2.29. The molecule has 0 aliphatic carbocycles. The molecular formula is C17H25N3O3. The molecule has 6 heteroatoms. The van der Waals surface area contributed by atoms with Gasteiger partial charge in [-0.2, -0.15) is 4.98 Å². The highest BCUT2D eigenvalue weighted by molar-refractivity contribution is 5.93. The van der Waals surface area contributed by atoms with E-state index in [0.717, 1.165) is 19.4 Å². The molecule has 23 heavy (non-hydrogen) atoms. The van der Waals surface area contributed by atoms with Gasteiger partial charge in [0.1, 0.15) is 18.2 Å². The van der Waals surface area contributed by atoms with Crippen molar-refractivity contribution in [2.45, 2.75) is 45.6 Å². The number of nitrogens with zero attached hydrogens (tertiary/aromatic N) is 1. The fourth-order valence-electron chi connectivity index (χ4n) is 2.29. The summed E-state index contributed by atoms with van der Waals surface area (Å²) in [7, 11) is 0. The number of fused-ring (bicyclic) bond motifs is 1. The van der Waals surface area contributed by atoms with Gasteiger partial charge in [0.2, 0.25) is 0 Å². The second-order valence-corrected chi connectivity index (χ2v) is 5.55. The highest BCUT2D eigenvalue weighted by Gasteiger charge is 2.17. The first kappa shape index (κ1) is 17.3. The van der Waals surface area contributed by atoms with Crippen molar-refractivity contribution in [3.8, 4) is 5.75 Å². The van der Waals surface area contributed by atoms with E-state index in [1.54, 1.807) is 6.07 Å². The summed E-state index contributed by atoms with van der Waals surface area (Å²) < 4.78 is 11.3. The van der Waals surface area contributed by atoms with Crippen LogP contribution in [0, 0.1) is 0 Å². The van der Waals surface area contributed by atoms with Crippen LogP contribution in [-0.2, 0) is 4.74 Å². The molecule has 0 saturated carbocycles. The van der Waals surface area contributed by atoms with Crippen molar-refractivity contribution in [2.24, 2.45) is 0 Å². The van der Waals surface area contributed by atoms with Gasteiger partial charge in [0.25, 0.3) is 0 Å². The zero-order valence-corrected chi connectivity index (χ0v) is 13.8. The van der Waals surface area contributed by atoms with Gasteiger partial charge in [-0.15, -0.1) is 0 Å². The number of nitrogen functional groups attached to an aromatic ring is 1. The van der Waals surface area contributed by atoms with Crippen LogP contribution in [-0.4, -0.2) is 29.3 Å². The molecule has 2 aromatic rings. The molecule has 0 amide bonds. The third-order valence-corrected chi connectivity index (χ3v) is 3.69. The van der Waals surface area contributed by atoms with Gasteiger partial charge in [-0.25, -0.2) is 4.79 Å². The van der Waals surface area contributed by atoms with Gasteiger partial charge in [0.05, 0.1) is 17.0 Å². The highest BCUT2D eigenvalue weighted by Crippen LogP contribution is 2.27.